The van der Waals surface area contributed by atoms with Gasteiger partial charge in [0, 0.05) is 17.6 Å². The highest BCUT2D eigenvalue weighted by Crippen LogP contribution is 2.34. The SMILES string of the molecule is COc1cc(CNCCc2ccc(F)cc2)c(Cl)cc1OCc1cccc(C)c1. The zero-order chi connectivity index (χ0) is 20.6. The third-order valence-corrected chi connectivity index (χ3v) is 4.98. The highest BCUT2D eigenvalue weighted by atomic mass is 35.5. The van der Waals surface area contributed by atoms with Crippen molar-refractivity contribution in [1.29, 1.82) is 0 Å². The fourth-order valence-electron chi connectivity index (χ4n) is 3.05. The van der Waals surface area contributed by atoms with E-state index >= 15 is 0 Å². The van der Waals surface area contributed by atoms with Gasteiger partial charge in [0.05, 0.1) is 7.11 Å². The molecule has 0 aromatic heterocycles. The summed E-state index contributed by atoms with van der Waals surface area (Å²) in [6.45, 7) is 3.87. The predicted molar refractivity (Wildman–Crippen MR) is 115 cm³/mol. The molecule has 0 spiro atoms. The van der Waals surface area contributed by atoms with Crippen LogP contribution in [0.25, 0.3) is 0 Å². The molecule has 0 atom stereocenters. The molecule has 0 saturated heterocycles. The summed E-state index contributed by atoms with van der Waals surface area (Å²) in [6, 6.07) is 18.4. The first-order valence-corrected chi connectivity index (χ1v) is 9.93. The van der Waals surface area contributed by atoms with E-state index in [0.29, 0.717) is 29.7 Å². The number of benzene rings is 3. The normalized spacial score (nSPS) is 10.8. The lowest BCUT2D eigenvalue weighted by atomic mass is 10.1. The van der Waals surface area contributed by atoms with E-state index in [-0.39, 0.29) is 5.82 Å². The fourth-order valence-corrected chi connectivity index (χ4v) is 3.28. The van der Waals surface area contributed by atoms with E-state index in [0.717, 1.165) is 29.7 Å². The molecule has 3 aromatic carbocycles. The van der Waals surface area contributed by atoms with E-state index in [1.807, 2.05) is 18.2 Å². The number of hydrogen-bond donors (Lipinski definition) is 1. The van der Waals surface area contributed by atoms with E-state index in [4.69, 9.17) is 21.1 Å². The molecule has 0 aliphatic carbocycles. The summed E-state index contributed by atoms with van der Waals surface area (Å²) in [6.07, 6.45) is 0.812. The summed E-state index contributed by atoms with van der Waals surface area (Å²) in [7, 11) is 1.62. The summed E-state index contributed by atoms with van der Waals surface area (Å²) in [5.74, 6) is 1.05. The van der Waals surface area contributed by atoms with Gasteiger partial charge in [-0.2, -0.15) is 0 Å². The second-order valence-electron chi connectivity index (χ2n) is 6.93. The second kappa shape index (κ2) is 10.3. The standard InChI is InChI=1S/C24H25ClFNO2/c1-17-4-3-5-19(12-17)16-29-24-14-22(25)20(13-23(24)28-2)15-27-11-10-18-6-8-21(26)9-7-18/h3-9,12-14,27H,10-11,15-16H2,1-2H3. The van der Waals surface area contributed by atoms with Crippen LogP contribution in [0.15, 0.2) is 60.7 Å². The topological polar surface area (TPSA) is 30.5 Å². The maximum atomic E-state index is 13.0. The summed E-state index contributed by atoms with van der Waals surface area (Å²) >= 11 is 6.46. The molecule has 0 fully saturated rings. The van der Waals surface area contributed by atoms with Crippen molar-refractivity contribution in [3.8, 4) is 11.5 Å². The van der Waals surface area contributed by atoms with Gasteiger partial charge in [0.25, 0.3) is 0 Å². The van der Waals surface area contributed by atoms with Crippen LogP contribution in [0.3, 0.4) is 0 Å². The molecule has 5 heteroatoms. The van der Waals surface area contributed by atoms with Crippen LogP contribution in [-0.2, 0) is 19.6 Å². The van der Waals surface area contributed by atoms with Crippen molar-refractivity contribution in [1.82, 2.24) is 5.32 Å². The average molecular weight is 414 g/mol. The number of ether oxygens (including phenoxy) is 2. The predicted octanol–water partition coefficient (Wildman–Crippen LogP) is 5.71. The van der Waals surface area contributed by atoms with Gasteiger partial charge in [0.15, 0.2) is 11.5 Å². The molecule has 3 aromatic rings. The van der Waals surface area contributed by atoms with Gasteiger partial charge in [-0.25, -0.2) is 4.39 Å². The first kappa shape index (κ1) is 21.2. The van der Waals surface area contributed by atoms with Gasteiger partial charge in [-0.3, -0.25) is 0 Å². The van der Waals surface area contributed by atoms with E-state index in [1.54, 1.807) is 25.3 Å². The van der Waals surface area contributed by atoms with Crippen LogP contribution in [0.5, 0.6) is 11.5 Å². The molecular weight excluding hydrogens is 389 g/mol. The lowest BCUT2D eigenvalue weighted by molar-refractivity contribution is 0.284. The van der Waals surface area contributed by atoms with Crippen molar-refractivity contribution >= 4 is 11.6 Å². The summed E-state index contributed by atoms with van der Waals surface area (Å²) in [5.41, 5.74) is 4.31. The van der Waals surface area contributed by atoms with Crippen LogP contribution in [0.2, 0.25) is 5.02 Å². The number of aryl methyl sites for hydroxylation is 1. The Morgan fingerprint density at radius 1 is 0.966 bits per heavy atom. The Morgan fingerprint density at radius 3 is 2.48 bits per heavy atom. The van der Waals surface area contributed by atoms with E-state index in [1.165, 1.54) is 17.7 Å². The molecule has 0 heterocycles. The maximum absolute atomic E-state index is 13.0. The molecule has 0 bridgehead atoms. The molecule has 0 aliphatic heterocycles. The third-order valence-electron chi connectivity index (χ3n) is 4.63. The zero-order valence-corrected chi connectivity index (χ0v) is 17.4. The number of methoxy groups -OCH3 is 1. The van der Waals surface area contributed by atoms with E-state index in [9.17, 15) is 4.39 Å². The quantitative estimate of drug-likeness (QED) is 0.456. The Hall–Kier alpha value is -2.56. The maximum Gasteiger partial charge on any atom is 0.163 e. The van der Waals surface area contributed by atoms with Gasteiger partial charge < -0.3 is 14.8 Å². The van der Waals surface area contributed by atoms with Crippen LogP contribution < -0.4 is 14.8 Å². The smallest absolute Gasteiger partial charge is 0.163 e. The molecule has 3 nitrogen and oxygen atoms in total. The highest BCUT2D eigenvalue weighted by Gasteiger charge is 2.11. The van der Waals surface area contributed by atoms with Crippen LogP contribution in [-0.4, -0.2) is 13.7 Å². The van der Waals surface area contributed by atoms with Crippen molar-refractivity contribution in [3.05, 3.63) is 93.8 Å². The van der Waals surface area contributed by atoms with E-state index in [2.05, 4.69) is 24.4 Å². The molecular formula is C24H25ClFNO2. The average Bonchev–Trinajstić information content (AvgIpc) is 2.72. The Labute approximate surface area is 176 Å². The minimum atomic E-state index is -0.217. The van der Waals surface area contributed by atoms with Gasteiger partial charge in [-0.05, 0) is 54.8 Å². The van der Waals surface area contributed by atoms with Gasteiger partial charge in [0.1, 0.15) is 12.4 Å². The summed E-state index contributed by atoms with van der Waals surface area (Å²) < 4.78 is 24.4. The Bertz CT molecular complexity index is 944. The first-order valence-electron chi connectivity index (χ1n) is 9.55. The molecule has 1 N–H and O–H groups in total. The van der Waals surface area contributed by atoms with Gasteiger partial charge in [-0.1, -0.05) is 53.6 Å². The van der Waals surface area contributed by atoms with Crippen molar-refractivity contribution in [2.24, 2.45) is 0 Å². The van der Waals surface area contributed by atoms with Crippen LogP contribution in [0, 0.1) is 12.7 Å². The fraction of sp³-hybridized carbons (Fsp3) is 0.250. The van der Waals surface area contributed by atoms with Crippen LogP contribution >= 0.6 is 11.6 Å². The van der Waals surface area contributed by atoms with Crippen molar-refractivity contribution in [3.63, 3.8) is 0 Å². The zero-order valence-electron chi connectivity index (χ0n) is 16.7. The van der Waals surface area contributed by atoms with E-state index < -0.39 is 0 Å². The molecule has 152 valence electrons. The third kappa shape index (κ3) is 6.21. The molecule has 0 radical (unpaired) electrons. The van der Waals surface area contributed by atoms with Gasteiger partial charge in [-0.15, -0.1) is 0 Å². The van der Waals surface area contributed by atoms with Gasteiger partial charge in [0.2, 0.25) is 0 Å². The number of hydrogen-bond acceptors (Lipinski definition) is 3. The minimum absolute atomic E-state index is 0.217. The highest BCUT2D eigenvalue weighted by molar-refractivity contribution is 6.31. The van der Waals surface area contributed by atoms with Crippen molar-refractivity contribution < 1.29 is 13.9 Å². The monoisotopic (exact) mass is 413 g/mol. The molecule has 3 rings (SSSR count). The van der Waals surface area contributed by atoms with Crippen molar-refractivity contribution in [2.75, 3.05) is 13.7 Å². The number of rotatable bonds is 9. The second-order valence-corrected chi connectivity index (χ2v) is 7.33. The summed E-state index contributed by atoms with van der Waals surface area (Å²) in [4.78, 5) is 0. The lowest BCUT2D eigenvalue weighted by Gasteiger charge is -2.14. The Kier molecular flexibility index (Phi) is 7.50. The molecule has 0 amide bonds. The number of halogens is 2. The number of nitrogens with one attached hydrogen (secondary N) is 1. The Morgan fingerprint density at radius 2 is 1.76 bits per heavy atom. The van der Waals surface area contributed by atoms with Crippen LogP contribution in [0.4, 0.5) is 4.39 Å². The minimum Gasteiger partial charge on any atom is -0.493 e. The molecule has 0 saturated carbocycles. The summed E-state index contributed by atoms with van der Waals surface area (Å²) in [5, 5.41) is 3.99. The largest absolute Gasteiger partial charge is 0.493 e. The van der Waals surface area contributed by atoms with Crippen LogP contribution in [0.1, 0.15) is 22.3 Å². The lowest BCUT2D eigenvalue weighted by Crippen LogP contribution is -2.17. The Balaban J connectivity index is 1.57. The molecule has 29 heavy (non-hydrogen) atoms. The van der Waals surface area contributed by atoms with Crippen molar-refractivity contribution in [2.45, 2.75) is 26.5 Å². The first-order chi connectivity index (χ1) is 14.0. The van der Waals surface area contributed by atoms with Gasteiger partial charge >= 0.3 is 0 Å². The molecule has 0 unspecified atom stereocenters. The molecule has 0 aliphatic rings.